The summed E-state index contributed by atoms with van der Waals surface area (Å²) in [5.74, 6) is 0.764. The number of hydrogen-bond donors (Lipinski definition) is 1. The van der Waals surface area contributed by atoms with Gasteiger partial charge in [-0.05, 0) is 25.3 Å². The molecule has 0 amide bonds. The maximum Gasteiger partial charge on any atom is 0.0594 e. The van der Waals surface area contributed by atoms with Crippen LogP contribution in [0.25, 0.3) is 0 Å². The maximum absolute atomic E-state index is 5.45. The molecule has 0 radical (unpaired) electrons. The van der Waals surface area contributed by atoms with Gasteiger partial charge < -0.3 is 10.5 Å². The van der Waals surface area contributed by atoms with Crippen LogP contribution in [0.4, 0.5) is 0 Å². The lowest BCUT2D eigenvalue weighted by molar-refractivity contribution is 0.0592. The zero-order valence-corrected chi connectivity index (χ0v) is 11.5. The van der Waals surface area contributed by atoms with Crippen molar-refractivity contribution in [3.63, 3.8) is 0 Å². The minimum atomic E-state index is 0. The largest absolute Gasteiger partial charge is 0.379 e. The van der Waals surface area contributed by atoms with Crippen molar-refractivity contribution in [2.24, 2.45) is 11.7 Å². The highest BCUT2D eigenvalue weighted by Crippen LogP contribution is 2.22. The highest BCUT2D eigenvalue weighted by Gasteiger charge is 2.24. The first-order valence-corrected chi connectivity index (χ1v) is 6.27. The van der Waals surface area contributed by atoms with Crippen LogP contribution in [0.3, 0.4) is 0 Å². The van der Waals surface area contributed by atoms with Crippen LogP contribution in [0, 0.1) is 5.92 Å². The Kier molecular flexibility index (Phi) is 9.32. The Bertz CT molecular complexity index is 167. The lowest BCUT2D eigenvalue weighted by Crippen LogP contribution is -2.44. The first-order valence-electron chi connectivity index (χ1n) is 6.27. The van der Waals surface area contributed by atoms with Crippen molar-refractivity contribution in [3.8, 4) is 0 Å². The molecule has 2 N–H and O–H groups in total. The molecule has 1 rings (SSSR count). The summed E-state index contributed by atoms with van der Waals surface area (Å²) >= 11 is 0. The Hall–Kier alpha value is 0.170. The number of likely N-dealkylation sites (tertiary alicyclic amines) is 1. The summed E-state index contributed by atoms with van der Waals surface area (Å²) in [5.41, 5.74) is 5.38. The molecule has 1 unspecified atom stereocenters. The average molecular weight is 251 g/mol. The highest BCUT2D eigenvalue weighted by molar-refractivity contribution is 5.85. The van der Waals surface area contributed by atoms with E-state index in [1.54, 1.807) is 0 Å². The topological polar surface area (TPSA) is 38.5 Å². The number of rotatable bonds is 6. The van der Waals surface area contributed by atoms with E-state index in [0.717, 1.165) is 25.1 Å². The molecule has 1 saturated heterocycles. The summed E-state index contributed by atoms with van der Waals surface area (Å²) in [6.45, 7) is 9.12. The smallest absolute Gasteiger partial charge is 0.0594 e. The molecule has 16 heavy (non-hydrogen) atoms. The van der Waals surface area contributed by atoms with E-state index in [4.69, 9.17) is 10.5 Å². The van der Waals surface area contributed by atoms with E-state index >= 15 is 0 Å². The average Bonchev–Trinajstić information content (AvgIpc) is 2.25. The van der Waals surface area contributed by atoms with Crippen LogP contribution in [0.1, 0.15) is 33.1 Å². The van der Waals surface area contributed by atoms with E-state index in [-0.39, 0.29) is 12.4 Å². The van der Waals surface area contributed by atoms with Crippen LogP contribution in [0.15, 0.2) is 0 Å². The SMILES string of the molecule is CC(C)C1CCCCN1CCOCCN.Cl. The van der Waals surface area contributed by atoms with E-state index in [2.05, 4.69) is 18.7 Å². The second-order valence-corrected chi connectivity index (χ2v) is 4.74. The highest BCUT2D eigenvalue weighted by atomic mass is 35.5. The van der Waals surface area contributed by atoms with Gasteiger partial charge >= 0.3 is 0 Å². The third-order valence-corrected chi connectivity index (χ3v) is 3.22. The van der Waals surface area contributed by atoms with Crippen molar-refractivity contribution in [3.05, 3.63) is 0 Å². The van der Waals surface area contributed by atoms with Crippen LogP contribution in [-0.4, -0.2) is 43.8 Å². The summed E-state index contributed by atoms with van der Waals surface area (Å²) in [6, 6.07) is 0.764. The zero-order valence-electron chi connectivity index (χ0n) is 10.7. The lowest BCUT2D eigenvalue weighted by Gasteiger charge is -2.38. The van der Waals surface area contributed by atoms with Gasteiger partial charge in [-0.3, -0.25) is 4.90 Å². The summed E-state index contributed by atoms with van der Waals surface area (Å²) in [6.07, 6.45) is 4.09. The van der Waals surface area contributed by atoms with Gasteiger partial charge in [0.1, 0.15) is 0 Å². The summed E-state index contributed by atoms with van der Waals surface area (Å²) in [4.78, 5) is 2.59. The monoisotopic (exact) mass is 250 g/mol. The quantitative estimate of drug-likeness (QED) is 0.732. The fraction of sp³-hybridized carbons (Fsp3) is 1.00. The van der Waals surface area contributed by atoms with E-state index in [0.29, 0.717) is 13.2 Å². The third-order valence-electron chi connectivity index (χ3n) is 3.22. The zero-order chi connectivity index (χ0) is 11.1. The predicted molar refractivity (Wildman–Crippen MR) is 71.2 cm³/mol. The molecule has 1 atom stereocenters. The Balaban J connectivity index is 0.00000225. The van der Waals surface area contributed by atoms with Gasteiger partial charge in [0.15, 0.2) is 0 Å². The number of nitrogens with two attached hydrogens (primary N) is 1. The molecule has 0 spiro atoms. The van der Waals surface area contributed by atoms with E-state index in [1.165, 1.54) is 25.8 Å². The fourth-order valence-electron chi connectivity index (χ4n) is 2.42. The summed E-state index contributed by atoms with van der Waals surface area (Å²) in [5, 5.41) is 0. The molecule has 0 aliphatic carbocycles. The molecule has 1 fully saturated rings. The van der Waals surface area contributed by atoms with Crippen molar-refractivity contribution in [2.45, 2.75) is 39.2 Å². The van der Waals surface area contributed by atoms with E-state index in [1.807, 2.05) is 0 Å². The van der Waals surface area contributed by atoms with Gasteiger partial charge in [0, 0.05) is 19.1 Å². The molecule has 0 aromatic carbocycles. The van der Waals surface area contributed by atoms with Gasteiger partial charge in [-0.15, -0.1) is 12.4 Å². The molecule has 98 valence electrons. The van der Waals surface area contributed by atoms with Crippen LogP contribution >= 0.6 is 12.4 Å². The molecular weight excluding hydrogens is 224 g/mol. The van der Waals surface area contributed by atoms with Gasteiger partial charge in [-0.25, -0.2) is 0 Å². The van der Waals surface area contributed by atoms with Crippen molar-refractivity contribution >= 4 is 12.4 Å². The number of halogens is 1. The molecule has 0 bridgehead atoms. The second-order valence-electron chi connectivity index (χ2n) is 4.74. The van der Waals surface area contributed by atoms with Gasteiger partial charge in [-0.2, -0.15) is 0 Å². The molecule has 0 aromatic heterocycles. The first-order chi connectivity index (χ1) is 7.25. The van der Waals surface area contributed by atoms with Crippen LogP contribution in [-0.2, 0) is 4.74 Å². The fourth-order valence-corrected chi connectivity index (χ4v) is 2.42. The molecule has 4 heteroatoms. The normalized spacial score (nSPS) is 22.1. The predicted octanol–water partition coefficient (Wildman–Crippen LogP) is 1.89. The summed E-state index contributed by atoms with van der Waals surface area (Å²) < 4.78 is 5.45. The van der Waals surface area contributed by atoms with Gasteiger partial charge in [0.05, 0.1) is 13.2 Å². The number of ether oxygens (including phenoxy) is 1. The van der Waals surface area contributed by atoms with Gasteiger partial charge in [0.2, 0.25) is 0 Å². The molecule has 1 heterocycles. The molecule has 0 aromatic rings. The minimum Gasteiger partial charge on any atom is -0.379 e. The Morgan fingerprint density at radius 2 is 2.06 bits per heavy atom. The van der Waals surface area contributed by atoms with E-state index < -0.39 is 0 Å². The third kappa shape index (κ3) is 5.48. The van der Waals surface area contributed by atoms with Crippen molar-refractivity contribution < 1.29 is 4.74 Å². The van der Waals surface area contributed by atoms with Crippen LogP contribution in [0.2, 0.25) is 0 Å². The molecular formula is C12H27ClN2O. The second kappa shape index (κ2) is 9.23. The van der Waals surface area contributed by atoms with E-state index in [9.17, 15) is 0 Å². The Morgan fingerprint density at radius 1 is 1.31 bits per heavy atom. The van der Waals surface area contributed by atoms with Crippen LogP contribution < -0.4 is 5.73 Å². The molecule has 1 aliphatic heterocycles. The standard InChI is InChI=1S/C12H26N2O.ClH/c1-11(2)12-5-3-4-7-14(12)8-10-15-9-6-13;/h11-12H,3-10,13H2,1-2H3;1H. The van der Waals surface area contributed by atoms with Crippen molar-refractivity contribution in [1.29, 1.82) is 0 Å². The minimum absolute atomic E-state index is 0. The molecule has 0 saturated carbocycles. The summed E-state index contributed by atoms with van der Waals surface area (Å²) in [7, 11) is 0. The van der Waals surface area contributed by atoms with Gasteiger partial charge in [0.25, 0.3) is 0 Å². The number of nitrogens with zero attached hydrogens (tertiary/aromatic N) is 1. The van der Waals surface area contributed by atoms with Crippen molar-refractivity contribution in [2.75, 3.05) is 32.8 Å². The Labute approximate surface area is 106 Å². The number of hydrogen-bond acceptors (Lipinski definition) is 3. The molecule has 3 nitrogen and oxygen atoms in total. The first kappa shape index (κ1) is 16.2. The number of piperidine rings is 1. The van der Waals surface area contributed by atoms with Crippen LogP contribution in [0.5, 0.6) is 0 Å². The maximum atomic E-state index is 5.45. The Morgan fingerprint density at radius 3 is 2.69 bits per heavy atom. The van der Waals surface area contributed by atoms with Gasteiger partial charge in [-0.1, -0.05) is 20.3 Å². The molecule has 1 aliphatic rings. The van der Waals surface area contributed by atoms with Crippen molar-refractivity contribution in [1.82, 2.24) is 4.90 Å². The lowest BCUT2D eigenvalue weighted by atomic mass is 9.93.